The van der Waals surface area contributed by atoms with E-state index in [9.17, 15) is 14.7 Å². The second kappa shape index (κ2) is 7.13. The molecule has 3 heterocycles. The number of aromatic hydroxyl groups is 1. The average molecular weight is 428 g/mol. The Hall–Kier alpha value is -2.31. The van der Waals surface area contributed by atoms with Gasteiger partial charge >= 0.3 is 0 Å². The fourth-order valence-electron chi connectivity index (χ4n) is 5.08. The van der Waals surface area contributed by atoms with Gasteiger partial charge in [0.05, 0.1) is 16.3 Å². The molecule has 1 aromatic heterocycles. The molecule has 1 aromatic carbocycles. The Morgan fingerprint density at radius 2 is 1.80 bits per heavy atom. The average Bonchev–Trinajstić information content (AvgIpc) is 3.51. The van der Waals surface area contributed by atoms with Crippen LogP contribution in [-0.4, -0.2) is 57.8 Å². The number of piperidine rings is 1. The topological polar surface area (TPSA) is 65.8 Å². The van der Waals surface area contributed by atoms with Crippen LogP contribution in [0.3, 0.4) is 0 Å². The molecule has 7 heteroatoms. The number of hydrogen-bond acceptors (Lipinski definition) is 4. The first-order chi connectivity index (χ1) is 14.4. The van der Waals surface area contributed by atoms with Crippen molar-refractivity contribution in [3.05, 3.63) is 52.3 Å². The number of hydrogen-bond donors (Lipinski definition) is 1. The van der Waals surface area contributed by atoms with Crippen LogP contribution in [0.15, 0.2) is 30.3 Å². The number of likely N-dealkylation sites (N-methyl/N-ethyl adjacent to an activating group) is 1. The third-order valence-corrected chi connectivity index (χ3v) is 7.42. The quantitative estimate of drug-likeness (QED) is 0.761. The van der Waals surface area contributed by atoms with Gasteiger partial charge < -0.3 is 14.6 Å². The molecule has 6 nitrogen and oxygen atoms in total. The number of likely N-dealkylation sites (tertiary alicyclic amines) is 1. The molecule has 1 saturated carbocycles. The van der Waals surface area contributed by atoms with Crippen LogP contribution >= 0.6 is 11.6 Å². The zero-order chi connectivity index (χ0) is 21.0. The van der Waals surface area contributed by atoms with Crippen LogP contribution in [0.4, 0.5) is 0 Å². The minimum Gasteiger partial charge on any atom is -0.506 e. The third-order valence-electron chi connectivity index (χ3n) is 7.12. The van der Waals surface area contributed by atoms with Gasteiger partial charge in [-0.2, -0.15) is 0 Å². The normalized spacial score (nSPS) is 20.9. The minimum atomic E-state index is -0.149. The molecule has 0 bridgehead atoms. The lowest BCUT2D eigenvalue weighted by molar-refractivity contribution is 0.0127. The summed E-state index contributed by atoms with van der Waals surface area (Å²) in [6, 6.07) is 8.73. The Kier molecular flexibility index (Phi) is 4.67. The molecule has 1 amide bonds. The number of aromatic nitrogens is 1. The zero-order valence-corrected chi connectivity index (χ0v) is 17.9. The van der Waals surface area contributed by atoms with Crippen LogP contribution in [0.2, 0.25) is 5.02 Å². The van der Waals surface area contributed by atoms with E-state index >= 15 is 0 Å². The predicted octanol–water partition coefficient (Wildman–Crippen LogP) is 3.52. The Bertz CT molecular complexity index is 1020. The van der Waals surface area contributed by atoms with Crippen molar-refractivity contribution in [2.45, 2.75) is 37.8 Å². The Morgan fingerprint density at radius 3 is 2.47 bits per heavy atom. The van der Waals surface area contributed by atoms with Gasteiger partial charge in [-0.3, -0.25) is 14.5 Å². The van der Waals surface area contributed by atoms with E-state index in [1.807, 2.05) is 11.0 Å². The summed E-state index contributed by atoms with van der Waals surface area (Å²) in [4.78, 5) is 29.9. The molecule has 1 saturated heterocycles. The standard InChI is InChI=1S/C23H26ClN3O3/c1-25-12-13-27-18(21(29)15-2-3-15)5-7-20(27)23(25)8-10-26(11-9-23)22(30)16-4-6-19(28)17(24)14-16/h4-7,14-15,28H,2-3,8-13H2,1H3. The van der Waals surface area contributed by atoms with Gasteiger partial charge in [0.25, 0.3) is 5.91 Å². The molecule has 2 aliphatic heterocycles. The van der Waals surface area contributed by atoms with Crippen LogP contribution in [0.5, 0.6) is 5.75 Å². The maximum Gasteiger partial charge on any atom is 0.253 e. The molecule has 158 valence electrons. The monoisotopic (exact) mass is 427 g/mol. The van der Waals surface area contributed by atoms with Crippen molar-refractivity contribution in [2.75, 3.05) is 26.7 Å². The Morgan fingerprint density at radius 1 is 1.07 bits per heavy atom. The number of ketones is 1. The van der Waals surface area contributed by atoms with Crippen molar-refractivity contribution in [1.82, 2.24) is 14.4 Å². The van der Waals surface area contributed by atoms with Crippen LogP contribution in [0.25, 0.3) is 0 Å². The number of phenolic OH excluding ortho intramolecular Hbond substituents is 1. The summed E-state index contributed by atoms with van der Waals surface area (Å²) in [6.07, 6.45) is 3.68. The molecule has 1 N–H and O–H groups in total. The van der Waals surface area contributed by atoms with E-state index in [0.29, 0.717) is 18.7 Å². The Labute approximate surface area is 181 Å². The van der Waals surface area contributed by atoms with Crippen LogP contribution < -0.4 is 0 Å². The number of carbonyl (C=O) groups excluding carboxylic acids is 2. The number of phenols is 1. The largest absolute Gasteiger partial charge is 0.506 e. The van der Waals surface area contributed by atoms with E-state index in [1.54, 1.807) is 6.07 Å². The van der Waals surface area contributed by atoms with Gasteiger partial charge in [0, 0.05) is 43.4 Å². The van der Waals surface area contributed by atoms with Gasteiger partial charge in [-0.25, -0.2) is 0 Å². The minimum absolute atomic E-state index is 0.0213. The molecule has 0 atom stereocenters. The van der Waals surface area contributed by atoms with Crippen molar-refractivity contribution in [3.8, 4) is 5.75 Å². The number of amides is 1. The number of nitrogens with zero attached hydrogens (tertiary/aromatic N) is 3. The second-order valence-electron chi connectivity index (χ2n) is 8.81. The second-order valence-corrected chi connectivity index (χ2v) is 9.21. The van der Waals surface area contributed by atoms with Gasteiger partial charge in [0.15, 0.2) is 5.78 Å². The van der Waals surface area contributed by atoms with E-state index in [4.69, 9.17) is 11.6 Å². The van der Waals surface area contributed by atoms with Crippen molar-refractivity contribution in [2.24, 2.45) is 5.92 Å². The van der Waals surface area contributed by atoms with Crippen molar-refractivity contribution in [1.29, 1.82) is 0 Å². The molecule has 30 heavy (non-hydrogen) atoms. The lowest BCUT2D eigenvalue weighted by Gasteiger charge is -2.50. The van der Waals surface area contributed by atoms with Gasteiger partial charge in [-0.05, 0) is 63.1 Å². The summed E-state index contributed by atoms with van der Waals surface area (Å²) < 4.78 is 2.23. The van der Waals surface area contributed by atoms with Crippen LogP contribution in [0, 0.1) is 5.92 Å². The number of carbonyl (C=O) groups is 2. The molecule has 2 fully saturated rings. The molecule has 1 spiro atoms. The lowest BCUT2D eigenvalue weighted by Crippen LogP contribution is -2.56. The first-order valence-corrected chi connectivity index (χ1v) is 11.0. The van der Waals surface area contributed by atoms with E-state index in [2.05, 4.69) is 22.6 Å². The van der Waals surface area contributed by atoms with E-state index < -0.39 is 0 Å². The lowest BCUT2D eigenvalue weighted by atomic mass is 9.81. The summed E-state index contributed by atoms with van der Waals surface area (Å²) in [5.74, 6) is 0.422. The summed E-state index contributed by atoms with van der Waals surface area (Å²) in [5, 5.41) is 9.80. The van der Waals surface area contributed by atoms with E-state index in [-0.39, 0.29) is 33.9 Å². The molecule has 5 rings (SSSR count). The molecule has 0 radical (unpaired) electrons. The number of fused-ring (bicyclic) bond motifs is 2. The maximum absolute atomic E-state index is 13.0. The SMILES string of the molecule is CN1CCn2c(C(=O)C3CC3)ccc2C12CCN(C(=O)c1ccc(O)c(Cl)c1)CC2. The zero-order valence-electron chi connectivity index (χ0n) is 17.1. The first-order valence-electron chi connectivity index (χ1n) is 10.6. The highest BCUT2D eigenvalue weighted by atomic mass is 35.5. The van der Waals surface area contributed by atoms with Crippen LogP contribution in [-0.2, 0) is 12.1 Å². The predicted molar refractivity (Wildman–Crippen MR) is 114 cm³/mol. The number of rotatable bonds is 3. The van der Waals surface area contributed by atoms with E-state index in [1.165, 1.54) is 17.8 Å². The fraction of sp³-hybridized carbons (Fsp3) is 0.478. The summed E-state index contributed by atoms with van der Waals surface area (Å²) >= 11 is 5.99. The van der Waals surface area contributed by atoms with Crippen LogP contribution in [0.1, 0.15) is 52.2 Å². The number of benzene rings is 1. The van der Waals surface area contributed by atoms with Gasteiger partial charge in [0.1, 0.15) is 5.75 Å². The van der Waals surface area contributed by atoms with Crippen molar-refractivity contribution in [3.63, 3.8) is 0 Å². The molecular weight excluding hydrogens is 402 g/mol. The molecule has 2 aromatic rings. The first kappa shape index (κ1) is 19.6. The van der Waals surface area contributed by atoms with Crippen molar-refractivity contribution < 1.29 is 14.7 Å². The highest BCUT2D eigenvalue weighted by Crippen LogP contribution is 2.43. The fourth-order valence-corrected chi connectivity index (χ4v) is 5.26. The van der Waals surface area contributed by atoms with Gasteiger partial charge in [0.2, 0.25) is 0 Å². The van der Waals surface area contributed by atoms with Gasteiger partial charge in [-0.1, -0.05) is 11.6 Å². The molecule has 3 aliphatic rings. The van der Waals surface area contributed by atoms with E-state index in [0.717, 1.165) is 44.5 Å². The summed E-state index contributed by atoms with van der Waals surface area (Å²) in [6.45, 7) is 3.01. The summed E-state index contributed by atoms with van der Waals surface area (Å²) in [7, 11) is 2.15. The molecular formula is C23H26ClN3O3. The summed E-state index contributed by atoms with van der Waals surface area (Å²) in [5.41, 5.74) is 2.41. The smallest absolute Gasteiger partial charge is 0.253 e. The van der Waals surface area contributed by atoms with Crippen molar-refractivity contribution >= 4 is 23.3 Å². The third kappa shape index (κ3) is 3.05. The number of halogens is 1. The molecule has 1 aliphatic carbocycles. The highest BCUT2D eigenvalue weighted by molar-refractivity contribution is 6.32. The van der Waals surface area contributed by atoms with Gasteiger partial charge in [-0.15, -0.1) is 0 Å². The number of Topliss-reactive ketones (excluding diaryl/α,β-unsaturated/α-hetero) is 1. The molecule has 0 unspecified atom stereocenters. The highest BCUT2D eigenvalue weighted by Gasteiger charge is 2.46. The maximum atomic E-state index is 13.0. The Balaban J connectivity index is 1.38.